The molecule has 0 radical (unpaired) electrons. The second-order valence-corrected chi connectivity index (χ2v) is 6.73. The molecule has 1 aromatic heterocycles. The van der Waals surface area contributed by atoms with Crippen molar-refractivity contribution in [2.75, 3.05) is 12.8 Å². The minimum Gasteiger partial charge on any atom is -0.497 e. The van der Waals surface area contributed by atoms with E-state index < -0.39 is 0 Å². The van der Waals surface area contributed by atoms with Crippen LogP contribution in [0.1, 0.15) is 20.8 Å². The third-order valence-corrected chi connectivity index (χ3v) is 5.10. The molecule has 0 aliphatic carbocycles. The number of hydrogen-bond acceptors (Lipinski definition) is 5. The van der Waals surface area contributed by atoms with Crippen molar-refractivity contribution in [3.05, 3.63) is 70.6 Å². The smallest absolute Gasteiger partial charge is 0.283 e. The van der Waals surface area contributed by atoms with Crippen LogP contribution in [0.25, 0.3) is 10.4 Å². The van der Waals surface area contributed by atoms with Crippen LogP contribution < -0.4 is 15.9 Å². The van der Waals surface area contributed by atoms with Crippen molar-refractivity contribution in [1.82, 2.24) is 5.43 Å². The first-order valence-corrected chi connectivity index (χ1v) is 8.83. The molecule has 0 saturated carbocycles. The number of carbonyl (C=O) groups is 1. The van der Waals surface area contributed by atoms with Gasteiger partial charge >= 0.3 is 0 Å². The normalized spacial score (nSPS) is 10.8. The molecule has 0 bridgehead atoms. The summed E-state index contributed by atoms with van der Waals surface area (Å²) in [6, 6.07) is 17.2. The Kier molecular flexibility index (Phi) is 5.34. The third-order valence-electron chi connectivity index (χ3n) is 3.90. The van der Waals surface area contributed by atoms with E-state index in [1.165, 1.54) is 11.3 Å². The number of nitrogen functional groups attached to an aromatic ring is 1. The fourth-order valence-electron chi connectivity index (χ4n) is 2.42. The van der Waals surface area contributed by atoms with E-state index in [2.05, 4.69) is 10.5 Å². The number of nitrogens with two attached hydrogens (primary N) is 1. The maximum Gasteiger partial charge on any atom is 0.283 e. The Morgan fingerprint density at radius 2 is 1.92 bits per heavy atom. The Morgan fingerprint density at radius 1 is 1.19 bits per heavy atom. The van der Waals surface area contributed by atoms with Crippen LogP contribution in [-0.4, -0.2) is 19.2 Å². The summed E-state index contributed by atoms with van der Waals surface area (Å²) in [5.74, 6) is 0.457. The van der Waals surface area contributed by atoms with Crippen LogP contribution in [0.3, 0.4) is 0 Å². The zero-order valence-corrected chi connectivity index (χ0v) is 15.3. The molecule has 0 aliphatic rings. The molecule has 1 heterocycles. The minimum absolute atomic E-state index is 0.322. The van der Waals surface area contributed by atoms with Crippen molar-refractivity contribution < 1.29 is 9.53 Å². The quantitative estimate of drug-likeness (QED) is 0.528. The summed E-state index contributed by atoms with van der Waals surface area (Å²) >= 11 is 1.33. The Bertz CT molecular complexity index is 946. The number of nitrogens with one attached hydrogen (secondary N) is 1. The number of thiophene rings is 1. The highest BCUT2D eigenvalue weighted by atomic mass is 32.1. The highest BCUT2D eigenvalue weighted by Gasteiger charge is 2.15. The topological polar surface area (TPSA) is 76.7 Å². The lowest BCUT2D eigenvalue weighted by Gasteiger charge is -2.01. The third kappa shape index (κ3) is 3.92. The summed E-state index contributed by atoms with van der Waals surface area (Å²) in [5.41, 5.74) is 12.0. The number of benzene rings is 2. The number of methoxy groups -OCH3 is 1. The zero-order chi connectivity index (χ0) is 18.5. The van der Waals surface area contributed by atoms with Crippen LogP contribution >= 0.6 is 11.3 Å². The summed E-state index contributed by atoms with van der Waals surface area (Å²) < 4.78 is 5.16. The lowest BCUT2D eigenvalue weighted by Crippen LogP contribution is -2.17. The number of aryl methyl sites for hydroxylation is 1. The Labute approximate surface area is 156 Å². The molecule has 132 valence electrons. The first-order valence-electron chi connectivity index (χ1n) is 8.01. The lowest BCUT2D eigenvalue weighted by atomic mass is 10.1. The van der Waals surface area contributed by atoms with Gasteiger partial charge in [0, 0.05) is 4.88 Å². The molecule has 0 atom stereocenters. The predicted molar refractivity (Wildman–Crippen MR) is 107 cm³/mol. The second-order valence-electron chi connectivity index (χ2n) is 5.68. The molecule has 0 saturated heterocycles. The number of carbonyl (C=O) groups excluding carboxylic acids is 1. The molecule has 0 fully saturated rings. The van der Waals surface area contributed by atoms with Gasteiger partial charge in [0.2, 0.25) is 0 Å². The van der Waals surface area contributed by atoms with E-state index in [1.54, 1.807) is 19.4 Å². The summed E-state index contributed by atoms with van der Waals surface area (Å²) in [5, 5.41) is 4.03. The molecule has 0 spiro atoms. The Balaban J connectivity index is 1.73. The molecular weight excluding hydrogens is 346 g/mol. The standard InChI is InChI=1S/C20H19N3O2S/c1-13-5-3-4-6-15(13)12-22-23-20(24)19-17(21)11-18(26-19)14-7-9-16(25-2)10-8-14/h3-12H,21H2,1-2H3,(H,23,24)/b22-12-. The second kappa shape index (κ2) is 7.84. The number of ether oxygens (including phenoxy) is 1. The lowest BCUT2D eigenvalue weighted by molar-refractivity contribution is 0.0960. The maximum atomic E-state index is 12.4. The molecule has 0 unspecified atom stereocenters. The summed E-state index contributed by atoms with van der Waals surface area (Å²) in [6.45, 7) is 1.99. The fraction of sp³-hybridized carbons (Fsp3) is 0.100. The van der Waals surface area contributed by atoms with Gasteiger partial charge in [-0.05, 0) is 53.9 Å². The number of hydrazone groups is 1. The van der Waals surface area contributed by atoms with E-state index in [1.807, 2.05) is 55.5 Å². The first-order chi connectivity index (χ1) is 12.6. The van der Waals surface area contributed by atoms with Gasteiger partial charge in [-0.25, -0.2) is 5.43 Å². The van der Waals surface area contributed by atoms with Crippen LogP contribution in [-0.2, 0) is 0 Å². The van der Waals surface area contributed by atoms with Crippen molar-refractivity contribution in [3.63, 3.8) is 0 Å². The number of nitrogens with zero attached hydrogens (tertiary/aromatic N) is 1. The van der Waals surface area contributed by atoms with Gasteiger partial charge in [-0.3, -0.25) is 4.79 Å². The summed E-state index contributed by atoms with van der Waals surface area (Å²) in [7, 11) is 1.62. The Hall–Kier alpha value is -3.12. The monoisotopic (exact) mass is 365 g/mol. The van der Waals surface area contributed by atoms with Crippen molar-refractivity contribution in [2.45, 2.75) is 6.92 Å². The van der Waals surface area contributed by atoms with Crippen LogP contribution in [0.15, 0.2) is 59.7 Å². The molecule has 0 aliphatic heterocycles. The largest absolute Gasteiger partial charge is 0.497 e. The molecule has 3 aromatic rings. The molecule has 26 heavy (non-hydrogen) atoms. The number of hydrogen-bond donors (Lipinski definition) is 2. The number of amides is 1. The molecule has 6 heteroatoms. The molecule has 3 rings (SSSR count). The summed E-state index contributed by atoms with van der Waals surface area (Å²) in [6.07, 6.45) is 1.63. The average Bonchev–Trinajstić information content (AvgIpc) is 3.05. The number of rotatable bonds is 5. The van der Waals surface area contributed by atoms with Crippen molar-refractivity contribution in [1.29, 1.82) is 0 Å². The van der Waals surface area contributed by atoms with Gasteiger partial charge in [0.1, 0.15) is 10.6 Å². The van der Waals surface area contributed by atoms with Gasteiger partial charge < -0.3 is 10.5 Å². The van der Waals surface area contributed by atoms with Crippen molar-refractivity contribution in [2.24, 2.45) is 5.10 Å². The van der Waals surface area contributed by atoms with E-state index in [4.69, 9.17) is 10.5 Å². The average molecular weight is 365 g/mol. The van der Waals surface area contributed by atoms with Gasteiger partial charge in [-0.2, -0.15) is 5.10 Å². The molecule has 5 nitrogen and oxygen atoms in total. The van der Waals surface area contributed by atoms with Gasteiger partial charge in [0.05, 0.1) is 19.0 Å². The van der Waals surface area contributed by atoms with Crippen molar-refractivity contribution >= 4 is 29.1 Å². The van der Waals surface area contributed by atoms with Crippen molar-refractivity contribution in [3.8, 4) is 16.2 Å². The molecule has 2 aromatic carbocycles. The van der Waals surface area contributed by atoms with Crippen LogP contribution in [0.2, 0.25) is 0 Å². The highest BCUT2D eigenvalue weighted by Crippen LogP contribution is 2.33. The van der Waals surface area contributed by atoms with E-state index in [0.29, 0.717) is 10.6 Å². The van der Waals surface area contributed by atoms with E-state index >= 15 is 0 Å². The van der Waals surface area contributed by atoms with Crippen LogP contribution in [0.5, 0.6) is 5.75 Å². The number of anilines is 1. The van der Waals surface area contributed by atoms with Gasteiger partial charge in [0.25, 0.3) is 5.91 Å². The van der Waals surface area contributed by atoms with E-state index in [-0.39, 0.29) is 5.91 Å². The van der Waals surface area contributed by atoms with Gasteiger partial charge in [-0.1, -0.05) is 24.3 Å². The SMILES string of the molecule is COc1ccc(-c2cc(N)c(C(=O)N/N=C\c3ccccc3C)s2)cc1. The van der Waals surface area contributed by atoms with Gasteiger partial charge in [-0.15, -0.1) is 11.3 Å². The molecular formula is C20H19N3O2S. The minimum atomic E-state index is -0.322. The van der Waals surface area contributed by atoms with E-state index in [9.17, 15) is 4.79 Å². The molecule has 1 amide bonds. The Morgan fingerprint density at radius 3 is 2.62 bits per heavy atom. The van der Waals surface area contributed by atoms with Crippen LogP contribution in [0, 0.1) is 6.92 Å². The predicted octanol–water partition coefficient (Wildman–Crippen LogP) is 4.08. The van der Waals surface area contributed by atoms with Crippen LogP contribution in [0.4, 0.5) is 5.69 Å². The summed E-state index contributed by atoms with van der Waals surface area (Å²) in [4.78, 5) is 13.7. The highest BCUT2D eigenvalue weighted by molar-refractivity contribution is 7.18. The fourth-order valence-corrected chi connectivity index (χ4v) is 3.40. The zero-order valence-electron chi connectivity index (χ0n) is 14.5. The molecule has 3 N–H and O–H groups in total. The van der Waals surface area contributed by atoms with E-state index in [0.717, 1.165) is 27.3 Å². The van der Waals surface area contributed by atoms with Gasteiger partial charge in [0.15, 0.2) is 0 Å². The first kappa shape index (κ1) is 17.7. The maximum absolute atomic E-state index is 12.4.